The molecule has 0 aliphatic heterocycles. The Balaban J connectivity index is 2.32. The molecule has 0 saturated carbocycles. The molecule has 4 heteroatoms. The summed E-state index contributed by atoms with van der Waals surface area (Å²) in [5, 5.41) is 0. The van der Waals surface area contributed by atoms with Crippen LogP contribution in [-0.2, 0) is 12.0 Å². The van der Waals surface area contributed by atoms with Gasteiger partial charge in [-0.25, -0.2) is 13.2 Å². The van der Waals surface area contributed by atoms with E-state index in [0.29, 0.717) is 16.7 Å². The number of aryl methyl sites for hydroxylation is 1. The number of rotatable bonds is 3. The Hall–Kier alpha value is -1.81. The summed E-state index contributed by atoms with van der Waals surface area (Å²) >= 11 is 0. The van der Waals surface area contributed by atoms with Crippen LogP contribution >= 0.6 is 0 Å². The van der Waals surface area contributed by atoms with Crippen molar-refractivity contribution in [3.63, 3.8) is 0 Å². The standard InChI is InChI=1S/C16H16F3N/c1-10-3-5-12(7-14(10)18)16(2,20)9-11-4-6-13(17)8-15(11)19/h3-8H,9,20H2,1-2H3. The summed E-state index contributed by atoms with van der Waals surface area (Å²) in [6, 6.07) is 8.08. The Kier molecular flexibility index (Phi) is 3.86. The summed E-state index contributed by atoms with van der Waals surface area (Å²) in [5.74, 6) is -1.63. The maximum Gasteiger partial charge on any atom is 0.129 e. The van der Waals surface area contributed by atoms with Gasteiger partial charge in [-0.05, 0) is 49.1 Å². The largest absolute Gasteiger partial charge is 0.321 e. The minimum Gasteiger partial charge on any atom is -0.321 e. The number of halogens is 3. The van der Waals surface area contributed by atoms with Crippen molar-refractivity contribution in [2.75, 3.05) is 0 Å². The molecule has 2 aromatic carbocycles. The Morgan fingerprint density at radius 1 is 1.00 bits per heavy atom. The van der Waals surface area contributed by atoms with Gasteiger partial charge in [0, 0.05) is 11.6 Å². The van der Waals surface area contributed by atoms with Crippen molar-refractivity contribution < 1.29 is 13.2 Å². The molecule has 0 heterocycles. The van der Waals surface area contributed by atoms with Crippen LogP contribution in [-0.4, -0.2) is 0 Å². The molecule has 20 heavy (non-hydrogen) atoms. The van der Waals surface area contributed by atoms with Crippen LogP contribution in [0.5, 0.6) is 0 Å². The van der Waals surface area contributed by atoms with Gasteiger partial charge in [0.15, 0.2) is 0 Å². The Bertz CT molecular complexity index is 636. The highest BCUT2D eigenvalue weighted by Crippen LogP contribution is 2.25. The molecule has 106 valence electrons. The van der Waals surface area contributed by atoms with Gasteiger partial charge < -0.3 is 5.73 Å². The zero-order valence-corrected chi connectivity index (χ0v) is 11.4. The second-order valence-corrected chi connectivity index (χ2v) is 5.29. The van der Waals surface area contributed by atoms with Crippen LogP contribution in [0.15, 0.2) is 36.4 Å². The van der Waals surface area contributed by atoms with Gasteiger partial charge in [0.05, 0.1) is 0 Å². The second kappa shape index (κ2) is 5.29. The van der Waals surface area contributed by atoms with Crippen LogP contribution in [0.25, 0.3) is 0 Å². The van der Waals surface area contributed by atoms with Crippen molar-refractivity contribution in [3.8, 4) is 0 Å². The SMILES string of the molecule is Cc1ccc(C(C)(N)Cc2ccc(F)cc2F)cc1F. The fourth-order valence-electron chi connectivity index (χ4n) is 2.11. The maximum absolute atomic E-state index is 13.7. The molecule has 0 saturated heterocycles. The highest BCUT2D eigenvalue weighted by atomic mass is 19.1. The first-order valence-electron chi connectivity index (χ1n) is 6.29. The molecule has 1 nitrogen and oxygen atoms in total. The van der Waals surface area contributed by atoms with Crippen molar-refractivity contribution >= 4 is 0 Å². The smallest absolute Gasteiger partial charge is 0.129 e. The number of benzene rings is 2. The van der Waals surface area contributed by atoms with Crippen molar-refractivity contribution in [2.45, 2.75) is 25.8 Å². The lowest BCUT2D eigenvalue weighted by molar-refractivity contribution is 0.468. The van der Waals surface area contributed by atoms with E-state index in [0.717, 1.165) is 6.07 Å². The first-order chi connectivity index (χ1) is 9.29. The number of hydrogen-bond acceptors (Lipinski definition) is 1. The Morgan fingerprint density at radius 2 is 1.70 bits per heavy atom. The first-order valence-corrected chi connectivity index (χ1v) is 6.29. The fourth-order valence-corrected chi connectivity index (χ4v) is 2.11. The van der Waals surface area contributed by atoms with E-state index >= 15 is 0 Å². The quantitative estimate of drug-likeness (QED) is 0.908. The summed E-state index contributed by atoms with van der Waals surface area (Å²) in [6.07, 6.45) is 0.154. The molecule has 0 aliphatic carbocycles. The van der Waals surface area contributed by atoms with E-state index in [1.807, 2.05) is 0 Å². The average molecular weight is 279 g/mol. The van der Waals surface area contributed by atoms with E-state index in [2.05, 4.69) is 0 Å². The predicted molar refractivity (Wildman–Crippen MR) is 72.7 cm³/mol. The van der Waals surface area contributed by atoms with Gasteiger partial charge >= 0.3 is 0 Å². The van der Waals surface area contributed by atoms with E-state index < -0.39 is 17.2 Å². The predicted octanol–water partition coefficient (Wildman–Crippen LogP) is 3.83. The first kappa shape index (κ1) is 14.6. The van der Waals surface area contributed by atoms with Gasteiger partial charge in [-0.15, -0.1) is 0 Å². The maximum atomic E-state index is 13.7. The molecule has 0 radical (unpaired) electrons. The molecule has 0 bridgehead atoms. The Labute approximate surface area is 116 Å². The molecule has 2 N–H and O–H groups in total. The van der Waals surface area contributed by atoms with Crippen molar-refractivity contribution in [2.24, 2.45) is 5.73 Å². The normalized spacial score (nSPS) is 14.1. The summed E-state index contributed by atoms with van der Waals surface area (Å²) in [5.41, 5.74) is 6.63. The van der Waals surface area contributed by atoms with Crippen molar-refractivity contribution in [3.05, 3.63) is 70.5 Å². The fraction of sp³-hybridized carbons (Fsp3) is 0.250. The third kappa shape index (κ3) is 3.02. The highest BCUT2D eigenvalue weighted by molar-refractivity contribution is 5.31. The molecule has 0 aromatic heterocycles. The molecule has 2 aromatic rings. The van der Waals surface area contributed by atoms with Gasteiger partial charge in [-0.2, -0.15) is 0 Å². The van der Waals surface area contributed by atoms with Crippen LogP contribution in [0.4, 0.5) is 13.2 Å². The van der Waals surface area contributed by atoms with E-state index in [-0.39, 0.29) is 12.2 Å². The molecule has 0 fully saturated rings. The van der Waals surface area contributed by atoms with Gasteiger partial charge in [0.2, 0.25) is 0 Å². The van der Waals surface area contributed by atoms with E-state index in [1.165, 1.54) is 18.2 Å². The zero-order valence-electron chi connectivity index (χ0n) is 11.4. The van der Waals surface area contributed by atoms with Crippen LogP contribution in [0.1, 0.15) is 23.6 Å². The lowest BCUT2D eigenvalue weighted by Gasteiger charge is -2.26. The molecule has 0 amide bonds. The lowest BCUT2D eigenvalue weighted by atomic mass is 9.86. The molecule has 2 rings (SSSR count). The number of hydrogen-bond donors (Lipinski definition) is 1. The summed E-state index contributed by atoms with van der Waals surface area (Å²) < 4.78 is 40.2. The topological polar surface area (TPSA) is 26.0 Å². The van der Waals surface area contributed by atoms with Crippen LogP contribution in [0, 0.1) is 24.4 Å². The molecule has 1 atom stereocenters. The summed E-state index contributed by atoms with van der Waals surface area (Å²) in [7, 11) is 0. The van der Waals surface area contributed by atoms with Gasteiger partial charge in [-0.3, -0.25) is 0 Å². The summed E-state index contributed by atoms with van der Waals surface area (Å²) in [6.45, 7) is 3.35. The second-order valence-electron chi connectivity index (χ2n) is 5.29. The molecule has 0 aliphatic rings. The van der Waals surface area contributed by atoms with E-state index in [9.17, 15) is 13.2 Å². The van der Waals surface area contributed by atoms with Gasteiger partial charge in [-0.1, -0.05) is 18.2 Å². The lowest BCUT2D eigenvalue weighted by Crippen LogP contribution is -2.36. The molecular weight excluding hydrogens is 263 g/mol. The van der Waals surface area contributed by atoms with Gasteiger partial charge in [0.25, 0.3) is 0 Å². The monoisotopic (exact) mass is 279 g/mol. The minimum absolute atomic E-state index is 0.154. The van der Waals surface area contributed by atoms with E-state index in [4.69, 9.17) is 5.73 Å². The van der Waals surface area contributed by atoms with Crippen molar-refractivity contribution in [1.82, 2.24) is 0 Å². The van der Waals surface area contributed by atoms with Crippen molar-refractivity contribution in [1.29, 1.82) is 0 Å². The third-order valence-electron chi connectivity index (χ3n) is 3.40. The summed E-state index contributed by atoms with van der Waals surface area (Å²) in [4.78, 5) is 0. The zero-order chi connectivity index (χ0) is 14.9. The number of nitrogens with two attached hydrogens (primary N) is 1. The molecular formula is C16H16F3N. The molecule has 0 spiro atoms. The van der Waals surface area contributed by atoms with E-state index in [1.54, 1.807) is 26.0 Å². The van der Waals surface area contributed by atoms with Crippen LogP contribution in [0.2, 0.25) is 0 Å². The minimum atomic E-state index is -0.937. The van der Waals surface area contributed by atoms with Crippen LogP contribution in [0.3, 0.4) is 0 Å². The third-order valence-corrected chi connectivity index (χ3v) is 3.40. The Morgan fingerprint density at radius 3 is 2.30 bits per heavy atom. The molecule has 1 unspecified atom stereocenters. The average Bonchev–Trinajstić information content (AvgIpc) is 2.36. The van der Waals surface area contributed by atoms with Gasteiger partial charge in [0.1, 0.15) is 17.5 Å². The van der Waals surface area contributed by atoms with Crippen LogP contribution < -0.4 is 5.73 Å². The highest BCUT2D eigenvalue weighted by Gasteiger charge is 2.24.